The van der Waals surface area contributed by atoms with E-state index in [0.717, 1.165) is 12.2 Å². The fourth-order valence-electron chi connectivity index (χ4n) is 1.65. The lowest BCUT2D eigenvalue weighted by atomic mass is 10.1. The third kappa shape index (κ3) is 2.70. The fourth-order valence-corrected chi connectivity index (χ4v) is 2.65. The van der Waals surface area contributed by atoms with Crippen molar-refractivity contribution in [2.24, 2.45) is 0 Å². The number of rotatable bonds is 3. The van der Waals surface area contributed by atoms with Crippen molar-refractivity contribution in [2.45, 2.75) is 6.42 Å². The van der Waals surface area contributed by atoms with Crippen LogP contribution in [0.5, 0.6) is 0 Å². The first kappa shape index (κ1) is 12.6. The van der Waals surface area contributed by atoms with Crippen LogP contribution in [0.2, 0.25) is 0 Å². The second-order valence-electron chi connectivity index (χ2n) is 3.76. The maximum absolute atomic E-state index is 12.1. The van der Waals surface area contributed by atoms with Gasteiger partial charge in [-0.1, -0.05) is 30.3 Å². The van der Waals surface area contributed by atoms with Crippen LogP contribution in [0.1, 0.15) is 16.8 Å². The summed E-state index contributed by atoms with van der Waals surface area (Å²) in [6.07, 6.45) is 0.943. The molecule has 1 aromatic carbocycles. The minimum Gasteiger partial charge on any atom is -0.374 e. The monoisotopic (exact) mass is 264 g/mol. The molecule has 1 aromatic rings. The quantitative estimate of drug-likeness (QED) is 0.391. The Hall–Kier alpha value is -1.82. The molecule has 0 atom stereocenters. The highest BCUT2D eigenvalue weighted by molar-refractivity contribution is 8.03. The Morgan fingerprint density at radius 2 is 2.06 bits per heavy atom. The van der Waals surface area contributed by atoms with Crippen molar-refractivity contribution in [1.29, 1.82) is 0 Å². The smallest absolute Gasteiger partial charge is 0.346 e. The third-order valence-electron chi connectivity index (χ3n) is 2.50. The molecule has 6 heteroatoms. The Bertz CT molecular complexity index is 491. The Balaban J connectivity index is 2.37. The number of hydrogen-bond donors (Lipinski definition) is 1. The van der Waals surface area contributed by atoms with Crippen LogP contribution in [0, 0.1) is 10.1 Å². The number of allylic oxidation sites excluding steroid dienone is 1. The Morgan fingerprint density at radius 3 is 2.61 bits per heavy atom. The molecule has 1 saturated heterocycles. The van der Waals surface area contributed by atoms with Crippen LogP contribution in [0.4, 0.5) is 0 Å². The van der Waals surface area contributed by atoms with Crippen molar-refractivity contribution in [2.75, 3.05) is 12.3 Å². The van der Waals surface area contributed by atoms with Crippen molar-refractivity contribution in [1.82, 2.24) is 5.32 Å². The van der Waals surface area contributed by atoms with E-state index in [9.17, 15) is 14.9 Å². The minimum atomic E-state index is -0.601. The molecule has 1 N–H and O–H groups in total. The second kappa shape index (κ2) is 5.68. The van der Waals surface area contributed by atoms with Crippen LogP contribution < -0.4 is 5.32 Å². The number of hydrogen-bond acceptors (Lipinski definition) is 5. The van der Waals surface area contributed by atoms with E-state index in [1.54, 1.807) is 30.3 Å². The number of nitrogens with one attached hydrogen (secondary N) is 1. The molecule has 1 aliphatic heterocycles. The molecule has 2 rings (SSSR count). The van der Waals surface area contributed by atoms with E-state index in [2.05, 4.69) is 5.32 Å². The minimum absolute atomic E-state index is 0.338. The van der Waals surface area contributed by atoms with Crippen molar-refractivity contribution in [3.05, 3.63) is 56.7 Å². The summed E-state index contributed by atoms with van der Waals surface area (Å²) in [5.41, 5.74) is -0.0180. The standard InChI is InChI=1S/C12H12N2O3S/c15-11(9-5-2-1-3-6-9)10(14(16)17)12-13-7-4-8-18-12/h1-3,5-6,13H,4,7-8H2. The Kier molecular flexibility index (Phi) is 3.99. The lowest BCUT2D eigenvalue weighted by Gasteiger charge is -2.15. The molecule has 0 amide bonds. The van der Waals surface area contributed by atoms with Gasteiger partial charge in [0.25, 0.3) is 5.78 Å². The molecule has 94 valence electrons. The molecule has 1 heterocycles. The van der Waals surface area contributed by atoms with Crippen LogP contribution in [0.25, 0.3) is 0 Å². The summed E-state index contributed by atoms with van der Waals surface area (Å²) < 4.78 is 0. The van der Waals surface area contributed by atoms with Crippen LogP contribution in [-0.4, -0.2) is 23.0 Å². The number of nitrogens with zero attached hydrogens (tertiary/aromatic N) is 1. The lowest BCUT2D eigenvalue weighted by Crippen LogP contribution is -2.25. The molecule has 0 spiro atoms. The average molecular weight is 264 g/mol. The Labute approximate surface area is 108 Å². The van der Waals surface area contributed by atoms with E-state index < -0.39 is 10.7 Å². The van der Waals surface area contributed by atoms with Gasteiger partial charge in [-0.05, 0) is 6.42 Å². The summed E-state index contributed by atoms with van der Waals surface area (Å²) in [5.74, 6) is 0.249. The largest absolute Gasteiger partial charge is 0.374 e. The molecule has 0 aromatic heterocycles. The zero-order chi connectivity index (χ0) is 13.0. The predicted molar refractivity (Wildman–Crippen MR) is 69.9 cm³/mol. The van der Waals surface area contributed by atoms with Crippen LogP contribution >= 0.6 is 11.8 Å². The molecule has 0 radical (unpaired) electrons. The van der Waals surface area contributed by atoms with Crippen molar-refractivity contribution in [3.8, 4) is 0 Å². The van der Waals surface area contributed by atoms with Gasteiger partial charge in [0.15, 0.2) is 5.03 Å². The number of thioether (sulfide) groups is 1. The molecule has 0 unspecified atom stereocenters. The van der Waals surface area contributed by atoms with Gasteiger partial charge < -0.3 is 5.32 Å². The third-order valence-corrected chi connectivity index (χ3v) is 3.62. The van der Waals surface area contributed by atoms with E-state index in [-0.39, 0.29) is 5.70 Å². The van der Waals surface area contributed by atoms with E-state index >= 15 is 0 Å². The number of carbonyl (C=O) groups is 1. The highest BCUT2D eigenvalue weighted by Crippen LogP contribution is 2.24. The number of benzene rings is 1. The van der Waals surface area contributed by atoms with Gasteiger partial charge in [0, 0.05) is 17.9 Å². The van der Waals surface area contributed by atoms with Gasteiger partial charge in [-0.3, -0.25) is 14.9 Å². The molecule has 5 nitrogen and oxygen atoms in total. The first-order valence-electron chi connectivity index (χ1n) is 5.55. The van der Waals surface area contributed by atoms with Gasteiger partial charge in [0.05, 0.1) is 4.92 Å². The second-order valence-corrected chi connectivity index (χ2v) is 4.86. The Morgan fingerprint density at radius 1 is 1.33 bits per heavy atom. The van der Waals surface area contributed by atoms with E-state index in [1.807, 2.05) is 0 Å². The number of ketones is 1. The average Bonchev–Trinajstić information content (AvgIpc) is 2.40. The summed E-state index contributed by atoms with van der Waals surface area (Å²) in [7, 11) is 0. The molecule has 0 bridgehead atoms. The SMILES string of the molecule is O=C(C(=C1NCCCS1)[N+](=O)[O-])c1ccccc1. The van der Waals surface area contributed by atoms with Gasteiger partial charge in [-0.2, -0.15) is 0 Å². The number of carbonyl (C=O) groups excluding carboxylic acids is 1. The van der Waals surface area contributed by atoms with E-state index in [4.69, 9.17) is 0 Å². The van der Waals surface area contributed by atoms with Crippen LogP contribution in [0.15, 0.2) is 41.1 Å². The first-order chi connectivity index (χ1) is 8.70. The van der Waals surface area contributed by atoms with Gasteiger partial charge in [-0.15, -0.1) is 11.8 Å². The molecular formula is C12H12N2O3S. The molecule has 18 heavy (non-hydrogen) atoms. The van der Waals surface area contributed by atoms with Gasteiger partial charge in [0.2, 0.25) is 0 Å². The number of Topliss-reactive ketones (excluding diaryl/α,β-unsaturated/α-hetero) is 1. The molecule has 1 aliphatic rings. The first-order valence-corrected chi connectivity index (χ1v) is 6.54. The van der Waals surface area contributed by atoms with Gasteiger partial charge in [-0.25, -0.2) is 0 Å². The summed E-state index contributed by atoms with van der Waals surface area (Å²) >= 11 is 1.33. The van der Waals surface area contributed by atoms with Crippen LogP contribution in [0.3, 0.4) is 0 Å². The topological polar surface area (TPSA) is 72.2 Å². The molecule has 0 saturated carbocycles. The zero-order valence-electron chi connectivity index (χ0n) is 9.59. The van der Waals surface area contributed by atoms with Crippen LogP contribution in [-0.2, 0) is 0 Å². The number of nitro groups is 1. The van der Waals surface area contributed by atoms with Gasteiger partial charge in [0.1, 0.15) is 0 Å². The maximum atomic E-state index is 12.1. The van der Waals surface area contributed by atoms with Crippen molar-refractivity contribution in [3.63, 3.8) is 0 Å². The zero-order valence-corrected chi connectivity index (χ0v) is 10.4. The van der Waals surface area contributed by atoms with Gasteiger partial charge >= 0.3 is 5.70 Å². The lowest BCUT2D eigenvalue weighted by molar-refractivity contribution is -0.417. The molecule has 0 aliphatic carbocycles. The summed E-state index contributed by atoms with van der Waals surface area (Å²) in [5, 5.41) is 14.4. The maximum Gasteiger partial charge on any atom is 0.346 e. The van der Waals surface area contributed by atoms with E-state index in [0.29, 0.717) is 17.1 Å². The summed E-state index contributed by atoms with van der Waals surface area (Å²) in [6, 6.07) is 8.32. The molecule has 1 fully saturated rings. The molecular weight excluding hydrogens is 252 g/mol. The predicted octanol–water partition coefficient (Wildman–Crippen LogP) is 2.04. The fraction of sp³-hybridized carbons (Fsp3) is 0.250. The summed E-state index contributed by atoms with van der Waals surface area (Å²) in [4.78, 5) is 22.6. The highest BCUT2D eigenvalue weighted by atomic mass is 32.2. The summed E-state index contributed by atoms with van der Waals surface area (Å²) in [6.45, 7) is 0.668. The highest BCUT2D eigenvalue weighted by Gasteiger charge is 2.29. The van der Waals surface area contributed by atoms with Crippen molar-refractivity contribution >= 4 is 17.5 Å². The van der Waals surface area contributed by atoms with E-state index in [1.165, 1.54) is 11.8 Å². The van der Waals surface area contributed by atoms with Crippen molar-refractivity contribution < 1.29 is 9.72 Å². The normalized spacial score (nSPS) is 17.8.